The topological polar surface area (TPSA) is 80.4 Å². The number of carboxylic acid groups (broad SMARTS) is 1. The van der Waals surface area contributed by atoms with E-state index in [-0.39, 0.29) is 0 Å². The van der Waals surface area contributed by atoms with Gasteiger partial charge in [0.15, 0.2) is 0 Å². The first-order valence-electron chi connectivity index (χ1n) is 5.85. The summed E-state index contributed by atoms with van der Waals surface area (Å²) in [5, 5.41) is 10.4. The Hall–Kier alpha value is -2.88. The monoisotopic (exact) mass is 269 g/mol. The third kappa shape index (κ3) is 4.78. The first kappa shape index (κ1) is 15.2. The third-order valence-electron chi connectivity index (χ3n) is 2.43. The molecule has 0 aliphatic heterocycles. The SMILES string of the molecule is C=Cc1cccc2ccccc12.NC(=O)/C=C\C(=O)O. The number of benzene rings is 2. The lowest BCUT2D eigenvalue weighted by Crippen LogP contribution is -2.06. The van der Waals surface area contributed by atoms with Crippen LogP contribution in [0.1, 0.15) is 5.56 Å². The second kappa shape index (κ2) is 7.53. The third-order valence-corrected chi connectivity index (χ3v) is 2.43. The van der Waals surface area contributed by atoms with Crippen LogP contribution in [-0.4, -0.2) is 17.0 Å². The molecule has 0 atom stereocenters. The summed E-state index contributed by atoms with van der Waals surface area (Å²) >= 11 is 0. The summed E-state index contributed by atoms with van der Waals surface area (Å²) in [7, 11) is 0. The molecule has 20 heavy (non-hydrogen) atoms. The molecular formula is C16H15NO3. The molecule has 3 N–H and O–H groups in total. The number of rotatable bonds is 3. The van der Waals surface area contributed by atoms with Gasteiger partial charge in [-0.2, -0.15) is 0 Å². The highest BCUT2D eigenvalue weighted by Crippen LogP contribution is 2.18. The molecule has 0 saturated carbocycles. The van der Waals surface area contributed by atoms with Gasteiger partial charge in [0.1, 0.15) is 0 Å². The average molecular weight is 269 g/mol. The predicted molar refractivity (Wildman–Crippen MR) is 80.0 cm³/mol. The van der Waals surface area contributed by atoms with Crippen LogP contribution in [0.4, 0.5) is 0 Å². The molecule has 0 bridgehead atoms. The van der Waals surface area contributed by atoms with E-state index in [2.05, 4.69) is 54.8 Å². The van der Waals surface area contributed by atoms with Crippen LogP contribution in [0.25, 0.3) is 16.8 Å². The van der Waals surface area contributed by atoms with Crippen molar-refractivity contribution in [3.05, 3.63) is 66.8 Å². The van der Waals surface area contributed by atoms with Crippen LogP contribution in [0.2, 0.25) is 0 Å². The fourth-order valence-corrected chi connectivity index (χ4v) is 1.58. The van der Waals surface area contributed by atoms with Gasteiger partial charge in [-0.15, -0.1) is 0 Å². The number of carbonyl (C=O) groups excluding carboxylic acids is 1. The van der Waals surface area contributed by atoms with Crippen LogP contribution in [-0.2, 0) is 9.59 Å². The van der Waals surface area contributed by atoms with E-state index in [1.165, 1.54) is 16.3 Å². The van der Waals surface area contributed by atoms with Gasteiger partial charge in [0, 0.05) is 12.2 Å². The smallest absolute Gasteiger partial charge is 0.328 e. The molecule has 2 aromatic rings. The molecule has 0 radical (unpaired) electrons. The lowest BCUT2D eigenvalue weighted by Gasteiger charge is -1.99. The minimum absolute atomic E-state index is 0.683. The molecule has 0 fully saturated rings. The van der Waals surface area contributed by atoms with Gasteiger partial charge in [-0.3, -0.25) is 4.79 Å². The van der Waals surface area contributed by atoms with Crippen LogP contribution in [0, 0.1) is 0 Å². The maximum atomic E-state index is 9.78. The predicted octanol–water partition coefficient (Wildman–Crippen LogP) is 2.60. The summed E-state index contributed by atoms with van der Waals surface area (Å²) in [5.41, 5.74) is 5.75. The minimum Gasteiger partial charge on any atom is -0.478 e. The maximum absolute atomic E-state index is 9.78. The van der Waals surface area contributed by atoms with Gasteiger partial charge in [0.05, 0.1) is 0 Å². The molecule has 1 amide bonds. The Kier molecular flexibility index (Phi) is 5.72. The molecule has 0 saturated heterocycles. The molecule has 0 spiro atoms. The Bertz CT molecular complexity index is 638. The zero-order valence-corrected chi connectivity index (χ0v) is 10.8. The molecular weight excluding hydrogens is 254 g/mol. The van der Waals surface area contributed by atoms with Crippen LogP contribution < -0.4 is 5.73 Å². The maximum Gasteiger partial charge on any atom is 0.328 e. The molecule has 0 aromatic heterocycles. The van der Waals surface area contributed by atoms with E-state index < -0.39 is 11.9 Å². The fourth-order valence-electron chi connectivity index (χ4n) is 1.58. The number of hydrogen-bond donors (Lipinski definition) is 2. The number of carbonyl (C=O) groups is 2. The first-order chi connectivity index (χ1) is 9.54. The second-order valence-electron chi connectivity index (χ2n) is 3.85. The Morgan fingerprint density at radius 3 is 2.25 bits per heavy atom. The number of aliphatic carboxylic acids is 1. The number of fused-ring (bicyclic) bond motifs is 1. The zero-order valence-electron chi connectivity index (χ0n) is 10.8. The van der Waals surface area contributed by atoms with E-state index in [0.717, 1.165) is 6.08 Å². The van der Waals surface area contributed by atoms with Crippen molar-refractivity contribution in [1.82, 2.24) is 0 Å². The van der Waals surface area contributed by atoms with Gasteiger partial charge < -0.3 is 10.8 Å². The van der Waals surface area contributed by atoms with Crippen molar-refractivity contribution in [2.45, 2.75) is 0 Å². The Balaban J connectivity index is 0.000000221. The number of nitrogens with two attached hydrogens (primary N) is 1. The van der Waals surface area contributed by atoms with Crippen LogP contribution in [0.3, 0.4) is 0 Å². The Morgan fingerprint density at radius 1 is 1.05 bits per heavy atom. The summed E-state index contributed by atoms with van der Waals surface area (Å²) in [6.45, 7) is 3.78. The van der Waals surface area contributed by atoms with Crippen molar-refractivity contribution in [2.24, 2.45) is 5.73 Å². The largest absolute Gasteiger partial charge is 0.478 e. The number of carboxylic acids is 1. The van der Waals surface area contributed by atoms with E-state index in [9.17, 15) is 9.59 Å². The fraction of sp³-hybridized carbons (Fsp3) is 0. The van der Waals surface area contributed by atoms with Crippen LogP contribution in [0.15, 0.2) is 61.2 Å². The van der Waals surface area contributed by atoms with Crippen molar-refractivity contribution >= 4 is 28.7 Å². The second-order valence-corrected chi connectivity index (χ2v) is 3.85. The number of amides is 1. The lowest BCUT2D eigenvalue weighted by molar-refractivity contribution is -0.131. The molecule has 0 unspecified atom stereocenters. The summed E-state index contributed by atoms with van der Waals surface area (Å²) < 4.78 is 0. The van der Waals surface area contributed by atoms with Crippen molar-refractivity contribution in [2.75, 3.05) is 0 Å². The number of primary amides is 1. The summed E-state index contributed by atoms with van der Waals surface area (Å²) in [6.07, 6.45) is 3.35. The van der Waals surface area contributed by atoms with Crippen molar-refractivity contribution in [3.63, 3.8) is 0 Å². The van der Waals surface area contributed by atoms with Crippen molar-refractivity contribution in [3.8, 4) is 0 Å². The highest BCUT2D eigenvalue weighted by Gasteiger charge is 1.93. The van der Waals surface area contributed by atoms with E-state index in [4.69, 9.17) is 5.11 Å². The average Bonchev–Trinajstić information content (AvgIpc) is 2.45. The van der Waals surface area contributed by atoms with E-state index >= 15 is 0 Å². The van der Waals surface area contributed by atoms with Gasteiger partial charge in [0.25, 0.3) is 0 Å². The highest BCUT2D eigenvalue weighted by molar-refractivity contribution is 5.92. The summed E-state index contributed by atoms with van der Waals surface area (Å²) in [6, 6.07) is 14.6. The van der Waals surface area contributed by atoms with Gasteiger partial charge in [-0.1, -0.05) is 55.1 Å². The normalized spacial score (nSPS) is 9.80. The van der Waals surface area contributed by atoms with Gasteiger partial charge in [-0.05, 0) is 16.3 Å². The molecule has 4 heteroatoms. The van der Waals surface area contributed by atoms with Gasteiger partial charge in [-0.25, -0.2) is 4.79 Å². The quantitative estimate of drug-likeness (QED) is 0.840. The highest BCUT2D eigenvalue weighted by atomic mass is 16.4. The lowest BCUT2D eigenvalue weighted by atomic mass is 10.1. The molecule has 2 rings (SSSR count). The molecule has 2 aromatic carbocycles. The molecule has 102 valence electrons. The minimum atomic E-state index is -1.18. The summed E-state index contributed by atoms with van der Waals surface area (Å²) in [4.78, 5) is 19.4. The van der Waals surface area contributed by atoms with Crippen LogP contribution >= 0.6 is 0 Å². The van der Waals surface area contributed by atoms with Crippen molar-refractivity contribution in [1.29, 1.82) is 0 Å². The van der Waals surface area contributed by atoms with Crippen LogP contribution in [0.5, 0.6) is 0 Å². The number of hydrogen-bond acceptors (Lipinski definition) is 2. The first-order valence-corrected chi connectivity index (χ1v) is 5.85. The van der Waals surface area contributed by atoms with Gasteiger partial charge >= 0.3 is 5.97 Å². The molecule has 0 heterocycles. The Morgan fingerprint density at radius 2 is 1.70 bits per heavy atom. The zero-order chi connectivity index (χ0) is 15.0. The molecule has 4 nitrogen and oxygen atoms in total. The van der Waals surface area contributed by atoms with E-state index in [1.807, 2.05) is 6.08 Å². The van der Waals surface area contributed by atoms with E-state index in [0.29, 0.717) is 6.08 Å². The summed E-state index contributed by atoms with van der Waals surface area (Å²) in [5.74, 6) is -1.93. The molecule has 0 aliphatic rings. The van der Waals surface area contributed by atoms with Gasteiger partial charge in [0.2, 0.25) is 5.91 Å². The van der Waals surface area contributed by atoms with Crippen molar-refractivity contribution < 1.29 is 14.7 Å². The van der Waals surface area contributed by atoms with E-state index in [1.54, 1.807) is 0 Å². The Labute approximate surface area is 116 Å². The standard InChI is InChI=1S/C12H10.C4H5NO3/c1-2-10-7-5-8-11-6-3-4-9-12(10)11;5-3(6)1-2-4(7)8/h2-9H,1H2;1-2H,(H2,5,6)(H,7,8)/b;2-1-. The molecule has 0 aliphatic carbocycles.